The Kier molecular flexibility index (Phi) is 3.11. The second-order valence-electron chi connectivity index (χ2n) is 5.39. The lowest BCUT2D eigenvalue weighted by Gasteiger charge is -2.13. The lowest BCUT2D eigenvalue weighted by molar-refractivity contribution is 0.681. The molecule has 1 saturated carbocycles. The van der Waals surface area contributed by atoms with Crippen LogP contribution in [0.5, 0.6) is 0 Å². The molecule has 0 atom stereocenters. The highest BCUT2D eigenvalue weighted by Gasteiger charge is 2.21. The van der Waals surface area contributed by atoms with Gasteiger partial charge in [-0.25, -0.2) is 4.98 Å². The summed E-state index contributed by atoms with van der Waals surface area (Å²) in [4.78, 5) is 8.82. The molecule has 100 valence electrons. The predicted molar refractivity (Wildman–Crippen MR) is 75.4 cm³/mol. The molecule has 0 aromatic carbocycles. The van der Waals surface area contributed by atoms with E-state index in [-0.39, 0.29) is 0 Å². The molecule has 2 aromatic rings. The number of pyridine rings is 1. The first-order valence-corrected chi connectivity index (χ1v) is 6.85. The highest BCUT2D eigenvalue weighted by molar-refractivity contribution is 5.43. The van der Waals surface area contributed by atoms with E-state index in [9.17, 15) is 0 Å². The van der Waals surface area contributed by atoms with Gasteiger partial charge in [0.2, 0.25) is 0 Å². The summed E-state index contributed by atoms with van der Waals surface area (Å²) in [6.45, 7) is 7.06. The number of hydrogen-bond donors (Lipinski definition) is 1. The SMILES string of the molecule is Cc1cc(-n2cnc(C)c2C)c(CNC2CC2)cn1. The number of nitrogens with one attached hydrogen (secondary N) is 1. The van der Waals surface area contributed by atoms with Gasteiger partial charge in [-0.3, -0.25) is 4.98 Å². The molecule has 0 radical (unpaired) electrons. The normalized spacial score (nSPS) is 14.9. The van der Waals surface area contributed by atoms with Crippen molar-refractivity contribution in [3.05, 3.63) is 41.2 Å². The second kappa shape index (κ2) is 4.78. The van der Waals surface area contributed by atoms with Gasteiger partial charge in [0, 0.05) is 35.7 Å². The maximum Gasteiger partial charge on any atom is 0.0997 e. The van der Waals surface area contributed by atoms with Gasteiger partial charge in [-0.05, 0) is 39.7 Å². The third-order valence-corrected chi connectivity index (χ3v) is 3.77. The van der Waals surface area contributed by atoms with Crippen molar-refractivity contribution in [2.45, 2.75) is 46.2 Å². The van der Waals surface area contributed by atoms with E-state index in [0.29, 0.717) is 6.04 Å². The number of nitrogens with zero attached hydrogens (tertiary/aromatic N) is 3. The molecule has 4 nitrogen and oxygen atoms in total. The summed E-state index contributed by atoms with van der Waals surface area (Å²) in [5.41, 5.74) is 5.74. The van der Waals surface area contributed by atoms with Crippen LogP contribution in [0.4, 0.5) is 0 Å². The number of hydrogen-bond acceptors (Lipinski definition) is 3. The lowest BCUT2D eigenvalue weighted by Crippen LogP contribution is -2.17. The molecule has 2 heterocycles. The zero-order chi connectivity index (χ0) is 13.4. The Morgan fingerprint density at radius 2 is 2.05 bits per heavy atom. The smallest absolute Gasteiger partial charge is 0.0997 e. The van der Waals surface area contributed by atoms with Crippen LogP contribution < -0.4 is 5.32 Å². The molecule has 1 aliphatic rings. The molecular weight excluding hydrogens is 236 g/mol. The van der Waals surface area contributed by atoms with Crippen molar-refractivity contribution in [1.29, 1.82) is 0 Å². The van der Waals surface area contributed by atoms with E-state index in [1.165, 1.54) is 29.8 Å². The van der Waals surface area contributed by atoms with Crippen molar-refractivity contribution in [2.24, 2.45) is 0 Å². The van der Waals surface area contributed by atoms with Crippen molar-refractivity contribution in [2.75, 3.05) is 0 Å². The minimum absolute atomic E-state index is 0.708. The van der Waals surface area contributed by atoms with Crippen LogP contribution >= 0.6 is 0 Å². The fourth-order valence-corrected chi connectivity index (χ4v) is 2.22. The minimum Gasteiger partial charge on any atom is -0.310 e. The zero-order valence-corrected chi connectivity index (χ0v) is 11.8. The second-order valence-corrected chi connectivity index (χ2v) is 5.39. The van der Waals surface area contributed by atoms with Gasteiger partial charge >= 0.3 is 0 Å². The van der Waals surface area contributed by atoms with E-state index >= 15 is 0 Å². The molecule has 0 saturated heterocycles. The van der Waals surface area contributed by atoms with Gasteiger partial charge in [-0.1, -0.05) is 0 Å². The Balaban J connectivity index is 1.97. The average Bonchev–Trinajstić information content (AvgIpc) is 3.16. The lowest BCUT2D eigenvalue weighted by atomic mass is 10.2. The molecule has 3 rings (SSSR count). The van der Waals surface area contributed by atoms with Crippen molar-refractivity contribution in [3.8, 4) is 5.69 Å². The summed E-state index contributed by atoms with van der Waals surface area (Å²) in [5.74, 6) is 0. The quantitative estimate of drug-likeness (QED) is 0.913. The third kappa shape index (κ3) is 2.54. The van der Waals surface area contributed by atoms with Crippen LogP contribution in [0.25, 0.3) is 5.69 Å². The predicted octanol–water partition coefficient (Wildman–Crippen LogP) is 2.44. The van der Waals surface area contributed by atoms with Gasteiger partial charge in [-0.15, -0.1) is 0 Å². The van der Waals surface area contributed by atoms with Crippen LogP contribution in [0.15, 0.2) is 18.6 Å². The first kappa shape index (κ1) is 12.4. The van der Waals surface area contributed by atoms with Crippen LogP contribution in [0, 0.1) is 20.8 Å². The van der Waals surface area contributed by atoms with Gasteiger partial charge in [0.1, 0.15) is 0 Å². The maximum absolute atomic E-state index is 4.43. The highest BCUT2D eigenvalue weighted by atomic mass is 15.1. The number of imidazole rings is 1. The van der Waals surface area contributed by atoms with Gasteiger partial charge < -0.3 is 9.88 Å². The molecule has 1 aliphatic carbocycles. The topological polar surface area (TPSA) is 42.7 Å². The standard InChI is InChI=1S/C15H20N4/c1-10-6-15(19-9-18-11(2)12(19)3)13(7-16-10)8-17-14-4-5-14/h6-7,9,14,17H,4-5,8H2,1-3H3. The third-order valence-electron chi connectivity index (χ3n) is 3.77. The Labute approximate surface area is 113 Å². The van der Waals surface area contributed by atoms with Crippen LogP contribution in [0.3, 0.4) is 0 Å². The minimum atomic E-state index is 0.708. The van der Waals surface area contributed by atoms with Gasteiger partial charge in [0.15, 0.2) is 0 Å². The van der Waals surface area contributed by atoms with E-state index in [1.54, 1.807) is 0 Å². The fourth-order valence-electron chi connectivity index (χ4n) is 2.22. The van der Waals surface area contributed by atoms with Crippen LogP contribution in [-0.4, -0.2) is 20.6 Å². The molecule has 0 spiro atoms. The van der Waals surface area contributed by atoms with E-state index in [4.69, 9.17) is 0 Å². The van der Waals surface area contributed by atoms with Crippen LogP contribution in [0.2, 0.25) is 0 Å². The molecule has 2 aromatic heterocycles. The van der Waals surface area contributed by atoms with E-state index < -0.39 is 0 Å². The first-order valence-electron chi connectivity index (χ1n) is 6.85. The Bertz CT molecular complexity index is 596. The van der Waals surface area contributed by atoms with E-state index in [2.05, 4.69) is 32.8 Å². The van der Waals surface area contributed by atoms with Crippen molar-refractivity contribution in [1.82, 2.24) is 19.9 Å². The van der Waals surface area contributed by atoms with Crippen molar-refractivity contribution in [3.63, 3.8) is 0 Å². The Morgan fingerprint density at radius 3 is 2.68 bits per heavy atom. The Morgan fingerprint density at radius 1 is 1.26 bits per heavy atom. The molecule has 4 heteroatoms. The summed E-state index contributed by atoms with van der Waals surface area (Å²) in [7, 11) is 0. The number of aromatic nitrogens is 3. The van der Waals surface area contributed by atoms with E-state index in [0.717, 1.165) is 17.9 Å². The Hall–Kier alpha value is -1.68. The molecule has 0 aliphatic heterocycles. The number of rotatable bonds is 4. The average molecular weight is 256 g/mol. The highest BCUT2D eigenvalue weighted by Crippen LogP contribution is 2.22. The summed E-state index contributed by atoms with van der Waals surface area (Å²) < 4.78 is 2.16. The van der Waals surface area contributed by atoms with Crippen molar-refractivity contribution >= 4 is 0 Å². The summed E-state index contributed by atoms with van der Waals surface area (Å²) in [5, 5.41) is 3.56. The molecule has 0 unspecified atom stereocenters. The zero-order valence-electron chi connectivity index (χ0n) is 11.8. The van der Waals surface area contributed by atoms with Gasteiger partial charge in [-0.2, -0.15) is 0 Å². The first-order chi connectivity index (χ1) is 9.15. The summed E-state index contributed by atoms with van der Waals surface area (Å²) >= 11 is 0. The molecular formula is C15H20N4. The fraction of sp³-hybridized carbons (Fsp3) is 0.467. The van der Waals surface area contributed by atoms with Crippen LogP contribution in [0.1, 0.15) is 35.5 Å². The monoisotopic (exact) mass is 256 g/mol. The molecule has 0 bridgehead atoms. The van der Waals surface area contributed by atoms with Crippen molar-refractivity contribution < 1.29 is 0 Å². The molecule has 0 amide bonds. The van der Waals surface area contributed by atoms with Crippen LogP contribution in [-0.2, 0) is 6.54 Å². The summed E-state index contributed by atoms with van der Waals surface area (Å²) in [6.07, 6.45) is 6.49. The summed E-state index contributed by atoms with van der Waals surface area (Å²) in [6, 6.07) is 2.85. The van der Waals surface area contributed by atoms with E-state index in [1.807, 2.05) is 26.4 Å². The largest absolute Gasteiger partial charge is 0.310 e. The number of aryl methyl sites for hydroxylation is 2. The van der Waals surface area contributed by atoms with Gasteiger partial charge in [0.25, 0.3) is 0 Å². The van der Waals surface area contributed by atoms with Gasteiger partial charge in [0.05, 0.1) is 17.7 Å². The maximum atomic E-state index is 4.43. The molecule has 1 N–H and O–H groups in total. The molecule has 1 fully saturated rings. The molecule has 19 heavy (non-hydrogen) atoms.